The van der Waals surface area contributed by atoms with Crippen molar-refractivity contribution in [1.29, 1.82) is 5.26 Å². The number of benzene rings is 2. The van der Waals surface area contributed by atoms with E-state index in [0.29, 0.717) is 11.3 Å². The minimum absolute atomic E-state index is 0.164. The van der Waals surface area contributed by atoms with E-state index in [1.54, 1.807) is 36.4 Å². The molecule has 106 valence electrons. The van der Waals surface area contributed by atoms with Crippen LogP contribution >= 0.6 is 0 Å². The molecule has 0 amide bonds. The van der Waals surface area contributed by atoms with E-state index in [1.807, 2.05) is 6.07 Å². The van der Waals surface area contributed by atoms with Crippen molar-refractivity contribution in [3.8, 4) is 11.8 Å². The van der Waals surface area contributed by atoms with Crippen LogP contribution in [-0.4, -0.2) is 13.1 Å². The second kappa shape index (κ2) is 6.44. The SMILES string of the molecule is COC(=O)c1c(N)cccc1OCc1ccccc1C#N. The number of anilines is 1. The molecule has 0 radical (unpaired) electrons. The molecule has 0 fully saturated rings. The lowest BCUT2D eigenvalue weighted by Crippen LogP contribution is -2.09. The van der Waals surface area contributed by atoms with Crippen LogP contribution in [0.2, 0.25) is 0 Å². The van der Waals surface area contributed by atoms with Crippen molar-refractivity contribution in [2.45, 2.75) is 6.61 Å². The molecule has 0 aromatic heterocycles. The Balaban J connectivity index is 2.27. The molecule has 0 unspecified atom stereocenters. The van der Waals surface area contributed by atoms with Crippen molar-refractivity contribution in [2.75, 3.05) is 12.8 Å². The highest BCUT2D eigenvalue weighted by Crippen LogP contribution is 2.26. The monoisotopic (exact) mass is 282 g/mol. The minimum atomic E-state index is -0.559. The first-order valence-electron chi connectivity index (χ1n) is 6.25. The fourth-order valence-corrected chi connectivity index (χ4v) is 1.90. The number of ether oxygens (including phenoxy) is 2. The Kier molecular flexibility index (Phi) is 4.42. The Hall–Kier alpha value is -3.00. The molecule has 0 atom stereocenters. The topological polar surface area (TPSA) is 85.3 Å². The standard InChI is InChI=1S/C16H14N2O3/c1-20-16(19)15-13(18)7-4-8-14(15)21-10-12-6-3-2-5-11(12)9-17/h2-8H,10,18H2,1H3. The molecule has 0 aliphatic carbocycles. The van der Waals surface area contributed by atoms with Gasteiger partial charge in [0, 0.05) is 11.3 Å². The molecule has 5 heteroatoms. The summed E-state index contributed by atoms with van der Waals surface area (Å²) in [4.78, 5) is 11.8. The number of hydrogen-bond acceptors (Lipinski definition) is 5. The molecule has 0 aliphatic heterocycles. The summed E-state index contributed by atoms with van der Waals surface area (Å²) in [5.74, 6) is -0.230. The summed E-state index contributed by atoms with van der Waals surface area (Å²) in [6.07, 6.45) is 0. The maximum atomic E-state index is 11.8. The summed E-state index contributed by atoms with van der Waals surface area (Å²) in [7, 11) is 1.28. The zero-order valence-corrected chi connectivity index (χ0v) is 11.5. The number of nitriles is 1. The molecule has 2 rings (SSSR count). The maximum Gasteiger partial charge on any atom is 0.343 e. The number of nitrogens with two attached hydrogens (primary N) is 1. The third-order valence-corrected chi connectivity index (χ3v) is 2.97. The van der Waals surface area contributed by atoms with E-state index in [4.69, 9.17) is 20.5 Å². The van der Waals surface area contributed by atoms with Crippen LogP contribution in [0.1, 0.15) is 21.5 Å². The van der Waals surface area contributed by atoms with Gasteiger partial charge in [-0.1, -0.05) is 24.3 Å². The Morgan fingerprint density at radius 3 is 2.71 bits per heavy atom. The summed E-state index contributed by atoms with van der Waals surface area (Å²) in [6.45, 7) is 0.164. The summed E-state index contributed by atoms with van der Waals surface area (Å²) in [6, 6.07) is 14.1. The third kappa shape index (κ3) is 3.12. The Bertz CT molecular complexity index is 705. The van der Waals surface area contributed by atoms with Crippen LogP contribution in [-0.2, 0) is 11.3 Å². The molecular weight excluding hydrogens is 268 g/mol. The molecule has 0 heterocycles. The van der Waals surface area contributed by atoms with Crippen molar-refractivity contribution < 1.29 is 14.3 Å². The molecule has 0 aliphatic rings. The number of nitrogen functional groups attached to an aromatic ring is 1. The molecule has 0 spiro atoms. The van der Waals surface area contributed by atoms with Gasteiger partial charge in [-0.25, -0.2) is 4.79 Å². The van der Waals surface area contributed by atoms with Crippen LogP contribution in [0.5, 0.6) is 5.75 Å². The maximum absolute atomic E-state index is 11.8. The van der Waals surface area contributed by atoms with Gasteiger partial charge >= 0.3 is 5.97 Å². The quantitative estimate of drug-likeness (QED) is 0.688. The van der Waals surface area contributed by atoms with Crippen LogP contribution in [0, 0.1) is 11.3 Å². The predicted octanol–water partition coefficient (Wildman–Crippen LogP) is 2.51. The van der Waals surface area contributed by atoms with Gasteiger partial charge in [-0.15, -0.1) is 0 Å². The molecule has 0 bridgehead atoms. The molecule has 2 N–H and O–H groups in total. The van der Waals surface area contributed by atoms with E-state index in [-0.39, 0.29) is 17.9 Å². The molecular formula is C16H14N2O3. The van der Waals surface area contributed by atoms with Gasteiger partial charge in [0.1, 0.15) is 17.9 Å². The first-order valence-corrected chi connectivity index (χ1v) is 6.25. The van der Waals surface area contributed by atoms with Gasteiger partial charge in [0.2, 0.25) is 0 Å². The van der Waals surface area contributed by atoms with Gasteiger partial charge in [-0.2, -0.15) is 5.26 Å². The van der Waals surface area contributed by atoms with E-state index in [2.05, 4.69) is 6.07 Å². The van der Waals surface area contributed by atoms with Crippen molar-refractivity contribution >= 4 is 11.7 Å². The largest absolute Gasteiger partial charge is 0.488 e. The van der Waals surface area contributed by atoms with Gasteiger partial charge < -0.3 is 15.2 Å². The Morgan fingerprint density at radius 2 is 2.00 bits per heavy atom. The highest BCUT2D eigenvalue weighted by Gasteiger charge is 2.17. The summed E-state index contributed by atoms with van der Waals surface area (Å²) in [5, 5.41) is 9.04. The lowest BCUT2D eigenvalue weighted by Gasteiger charge is -2.12. The van der Waals surface area contributed by atoms with E-state index >= 15 is 0 Å². The molecule has 0 saturated carbocycles. The van der Waals surface area contributed by atoms with Gasteiger partial charge in [0.05, 0.1) is 18.7 Å². The second-order valence-corrected chi connectivity index (χ2v) is 4.27. The van der Waals surface area contributed by atoms with Crippen LogP contribution in [0.25, 0.3) is 0 Å². The van der Waals surface area contributed by atoms with E-state index in [0.717, 1.165) is 5.56 Å². The van der Waals surface area contributed by atoms with Gasteiger partial charge in [-0.05, 0) is 18.2 Å². The number of hydrogen-bond donors (Lipinski definition) is 1. The summed E-state index contributed by atoms with van der Waals surface area (Å²) < 4.78 is 10.3. The molecule has 2 aromatic carbocycles. The fourth-order valence-electron chi connectivity index (χ4n) is 1.90. The normalized spacial score (nSPS) is 9.71. The lowest BCUT2D eigenvalue weighted by molar-refractivity contribution is 0.0597. The summed E-state index contributed by atoms with van der Waals surface area (Å²) >= 11 is 0. The minimum Gasteiger partial charge on any atom is -0.488 e. The zero-order chi connectivity index (χ0) is 15.2. The van der Waals surface area contributed by atoms with Crippen molar-refractivity contribution in [3.05, 3.63) is 59.2 Å². The number of carbonyl (C=O) groups is 1. The predicted molar refractivity (Wildman–Crippen MR) is 77.7 cm³/mol. The van der Waals surface area contributed by atoms with Crippen LogP contribution in [0.15, 0.2) is 42.5 Å². The molecule has 5 nitrogen and oxygen atoms in total. The average molecular weight is 282 g/mol. The number of nitrogens with zero attached hydrogens (tertiary/aromatic N) is 1. The van der Waals surface area contributed by atoms with Gasteiger partial charge in [0.15, 0.2) is 0 Å². The molecule has 2 aromatic rings. The van der Waals surface area contributed by atoms with Crippen molar-refractivity contribution in [2.24, 2.45) is 0 Å². The number of rotatable bonds is 4. The third-order valence-electron chi connectivity index (χ3n) is 2.97. The van der Waals surface area contributed by atoms with Crippen LogP contribution < -0.4 is 10.5 Å². The van der Waals surface area contributed by atoms with Crippen LogP contribution in [0.3, 0.4) is 0 Å². The lowest BCUT2D eigenvalue weighted by atomic mass is 10.1. The smallest absolute Gasteiger partial charge is 0.343 e. The summed E-state index contributed by atoms with van der Waals surface area (Å²) in [5.41, 5.74) is 7.53. The highest BCUT2D eigenvalue weighted by molar-refractivity contribution is 5.98. The average Bonchev–Trinajstić information content (AvgIpc) is 2.52. The highest BCUT2D eigenvalue weighted by atomic mass is 16.5. The number of carbonyl (C=O) groups excluding carboxylic acids is 1. The Labute approximate surface area is 122 Å². The van der Waals surface area contributed by atoms with E-state index in [9.17, 15) is 4.79 Å². The molecule has 0 saturated heterocycles. The van der Waals surface area contributed by atoms with Crippen molar-refractivity contribution in [3.63, 3.8) is 0 Å². The van der Waals surface area contributed by atoms with Gasteiger partial charge in [-0.3, -0.25) is 0 Å². The fraction of sp³-hybridized carbons (Fsp3) is 0.125. The molecule has 21 heavy (non-hydrogen) atoms. The number of methoxy groups -OCH3 is 1. The van der Waals surface area contributed by atoms with E-state index < -0.39 is 5.97 Å². The van der Waals surface area contributed by atoms with Gasteiger partial charge in [0.25, 0.3) is 0 Å². The second-order valence-electron chi connectivity index (χ2n) is 4.27. The number of esters is 1. The first kappa shape index (κ1) is 14.4. The van der Waals surface area contributed by atoms with Crippen molar-refractivity contribution in [1.82, 2.24) is 0 Å². The first-order chi connectivity index (χ1) is 10.2. The Morgan fingerprint density at radius 1 is 1.24 bits per heavy atom. The van der Waals surface area contributed by atoms with Crippen LogP contribution in [0.4, 0.5) is 5.69 Å². The van der Waals surface area contributed by atoms with E-state index in [1.165, 1.54) is 7.11 Å². The zero-order valence-electron chi connectivity index (χ0n) is 11.5.